The maximum Gasteiger partial charge on any atom is 0.325 e. The fraction of sp³-hybridized carbons (Fsp3) is 0.750. The standard InChI is InChI=1S/C4H10NO5P.C4H8O2/c5-3(4(6)7)1-2-11(8,9)10;1-2-3-4(5)6/h3H,1-2,5H2,(H,6,7)(H2,8,9,10);2-3H2,1H3,(H,5,6). The van der Waals surface area contributed by atoms with E-state index in [1.807, 2.05) is 6.92 Å². The van der Waals surface area contributed by atoms with Gasteiger partial charge in [0.1, 0.15) is 6.04 Å². The van der Waals surface area contributed by atoms with Gasteiger partial charge in [0, 0.05) is 6.42 Å². The minimum Gasteiger partial charge on any atom is -0.481 e. The molecule has 102 valence electrons. The minimum atomic E-state index is -4.10. The molecule has 0 heterocycles. The van der Waals surface area contributed by atoms with E-state index < -0.39 is 31.7 Å². The van der Waals surface area contributed by atoms with E-state index in [1.165, 1.54) is 0 Å². The predicted octanol–water partition coefficient (Wildman–Crippen LogP) is -0.163. The topological polar surface area (TPSA) is 158 Å². The number of nitrogens with two attached hydrogens (primary N) is 1. The summed E-state index contributed by atoms with van der Waals surface area (Å²) in [5, 5.41) is 16.1. The van der Waals surface area contributed by atoms with Crippen molar-refractivity contribution in [2.45, 2.75) is 32.2 Å². The number of carboxylic acids is 2. The fourth-order valence-electron chi connectivity index (χ4n) is 0.645. The first-order valence-corrected chi connectivity index (χ1v) is 6.64. The van der Waals surface area contributed by atoms with Gasteiger partial charge in [-0.25, -0.2) is 0 Å². The van der Waals surface area contributed by atoms with E-state index in [0.29, 0.717) is 6.42 Å². The van der Waals surface area contributed by atoms with Gasteiger partial charge in [-0.2, -0.15) is 0 Å². The molecule has 0 aliphatic carbocycles. The number of hydrogen-bond donors (Lipinski definition) is 5. The molecule has 0 aromatic rings. The smallest absolute Gasteiger partial charge is 0.325 e. The molecule has 0 aromatic heterocycles. The van der Waals surface area contributed by atoms with Crippen LogP contribution >= 0.6 is 7.60 Å². The first-order chi connectivity index (χ1) is 7.60. The third-order valence-corrected chi connectivity index (χ3v) is 2.35. The molecule has 0 bridgehead atoms. The van der Waals surface area contributed by atoms with Crippen LogP contribution in [0.2, 0.25) is 0 Å². The van der Waals surface area contributed by atoms with Gasteiger partial charge in [-0.05, 0) is 12.8 Å². The quantitative estimate of drug-likeness (QED) is 0.416. The van der Waals surface area contributed by atoms with Gasteiger partial charge in [-0.3, -0.25) is 14.2 Å². The zero-order valence-electron chi connectivity index (χ0n) is 9.44. The van der Waals surface area contributed by atoms with Crippen LogP contribution in [0.1, 0.15) is 26.2 Å². The Hall–Kier alpha value is -0.950. The average molecular weight is 271 g/mol. The summed E-state index contributed by atoms with van der Waals surface area (Å²) >= 11 is 0. The second-order valence-corrected chi connectivity index (χ2v) is 5.04. The van der Waals surface area contributed by atoms with Crippen molar-refractivity contribution >= 4 is 19.5 Å². The van der Waals surface area contributed by atoms with Crippen molar-refractivity contribution in [1.82, 2.24) is 0 Å². The molecule has 8 nitrogen and oxygen atoms in total. The Bertz CT molecular complexity index is 288. The van der Waals surface area contributed by atoms with E-state index in [9.17, 15) is 14.2 Å². The molecule has 1 unspecified atom stereocenters. The van der Waals surface area contributed by atoms with Crippen LogP contribution in [0.25, 0.3) is 0 Å². The normalized spacial score (nSPS) is 12.2. The monoisotopic (exact) mass is 271 g/mol. The highest BCUT2D eigenvalue weighted by molar-refractivity contribution is 7.51. The molecule has 9 heteroatoms. The molecule has 0 amide bonds. The van der Waals surface area contributed by atoms with Gasteiger partial charge >= 0.3 is 19.5 Å². The Morgan fingerprint density at radius 3 is 1.94 bits per heavy atom. The highest BCUT2D eigenvalue weighted by atomic mass is 31.2. The molecule has 0 aliphatic rings. The van der Waals surface area contributed by atoms with E-state index in [0.717, 1.165) is 6.42 Å². The second kappa shape index (κ2) is 9.12. The molecule has 6 N–H and O–H groups in total. The lowest BCUT2D eigenvalue weighted by molar-refractivity contribution is -0.139. The van der Waals surface area contributed by atoms with Crippen molar-refractivity contribution in [1.29, 1.82) is 0 Å². The molecule has 0 radical (unpaired) electrons. The lowest BCUT2D eigenvalue weighted by atomic mass is 10.2. The number of carboxylic acid groups (broad SMARTS) is 2. The van der Waals surface area contributed by atoms with Crippen LogP contribution in [0.15, 0.2) is 0 Å². The second-order valence-electron chi connectivity index (χ2n) is 3.27. The zero-order chi connectivity index (χ0) is 14.1. The van der Waals surface area contributed by atoms with Crippen molar-refractivity contribution < 1.29 is 34.2 Å². The Morgan fingerprint density at radius 1 is 1.29 bits per heavy atom. The molecule has 0 aromatic carbocycles. The maximum atomic E-state index is 10.2. The van der Waals surface area contributed by atoms with Crippen molar-refractivity contribution in [3.05, 3.63) is 0 Å². The molecule has 0 saturated carbocycles. The highest BCUT2D eigenvalue weighted by Gasteiger charge is 2.18. The van der Waals surface area contributed by atoms with E-state index >= 15 is 0 Å². The third kappa shape index (κ3) is 17.7. The van der Waals surface area contributed by atoms with Crippen molar-refractivity contribution in [3.8, 4) is 0 Å². The maximum absolute atomic E-state index is 10.2. The van der Waals surface area contributed by atoms with E-state index in [2.05, 4.69) is 0 Å². The summed E-state index contributed by atoms with van der Waals surface area (Å²) < 4.78 is 10.2. The lowest BCUT2D eigenvalue weighted by Crippen LogP contribution is -2.30. The first-order valence-electron chi connectivity index (χ1n) is 4.85. The fourth-order valence-corrected chi connectivity index (χ4v) is 1.26. The van der Waals surface area contributed by atoms with Gasteiger partial charge in [-0.1, -0.05) is 6.92 Å². The van der Waals surface area contributed by atoms with Crippen LogP contribution in [0.4, 0.5) is 0 Å². The van der Waals surface area contributed by atoms with Crippen LogP contribution in [0.5, 0.6) is 0 Å². The number of rotatable bonds is 6. The predicted molar refractivity (Wildman–Crippen MR) is 59.7 cm³/mol. The summed E-state index contributed by atoms with van der Waals surface area (Å²) in [6.45, 7) is 1.84. The van der Waals surface area contributed by atoms with Gasteiger partial charge in [0.2, 0.25) is 0 Å². The van der Waals surface area contributed by atoms with Crippen LogP contribution in [0.3, 0.4) is 0 Å². The van der Waals surface area contributed by atoms with Crippen molar-refractivity contribution in [2.75, 3.05) is 6.16 Å². The van der Waals surface area contributed by atoms with Gasteiger partial charge < -0.3 is 25.7 Å². The highest BCUT2D eigenvalue weighted by Crippen LogP contribution is 2.35. The SMILES string of the molecule is CCCC(=O)O.NC(CCP(=O)(O)O)C(=O)O. The van der Waals surface area contributed by atoms with E-state index in [4.69, 9.17) is 25.7 Å². The van der Waals surface area contributed by atoms with Crippen LogP contribution in [-0.2, 0) is 14.2 Å². The molecule has 17 heavy (non-hydrogen) atoms. The van der Waals surface area contributed by atoms with Crippen molar-refractivity contribution in [3.63, 3.8) is 0 Å². The molecule has 0 spiro atoms. The Balaban J connectivity index is 0. The average Bonchev–Trinajstić information content (AvgIpc) is 2.13. The molecule has 1 atom stereocenters. The third-order valence-electron chi connectivity index (χ3n) is 1.51. The van der Waals surface area contributed by atoms with Gasteiger partial charge in [0.15, 0.2) is 0 Å². The minimum absolute atomic E-state index is 0.209. The zero-order valence-corrected chi connectivity index (χ0v) is 10.3. The molecular formula is C8H18NO7P. The van der Waals surface area contributed by atoms with Crippen LogP contribution < -0.4 is 5.73 Å². The largest absolute Gasteiger partial charge is 0.481 e. The van der Waals surface area contributed by atoms with Gasteiger partial charge in [-0.15, -0.1) is 0 Å². The molecule has 0 rings (SSSR count). The summed E-state index contributed by atoms with van der Waals surface area (Å²) in [4.78, 5) is 36.3. The summed E-state index contributed by atoms with van der Waals surface area (Å²) in [6.07, 6.45) is 0.329. The van der Waals surface area contributed by atoms with Gasteiger partial charge in [0.05, 0.1) is 6.16 Å². The van der Waals surface area contributed by atoms with Crippen molar-refractivity contribution in [2.24, 2.45) is 5.73 Å². The van der Waals surface area contributed by atoms with Gasteiger partial charge in [0.25, 0.3) is 0 Å². The molecule has 0 fully saturated rings. The van der Waals surface area contributed by atoms with Crippen LogP contribution in [0, 0.1) is 0 Å². The number of hydrogen-bond acceptors (Lipinski definition) is 4. The summed E-state index contributed by atoms with van der Waals surface area (Å²) in [5.74, 6) is -1.96. The molecule has 0 saturated heterocycles. The van der Waals surface area contributed by atoms with E-state index in [-0.39, 0.29) is 6.42 Å². The Kier molecular flexibility index (Phi) is 9.88. The number of aliphatic carboxylic acids is 2. The summed E-state index contributed by atoms with van der Waals surface area (Å²) in [7, 11) is -4.10. The molecular weight excluding hydrogens is 253 g/mol. The van der Waals surface area contributed by atoms with Crippen LogP contribution in [-0.4, -0.2) is 44.1 Å². The molecule has 0 aliphatic heterocycles. The number of carbonyl (C=O) groups is 2. The summed E-state index contributed by atoms with van der Waals surface area (Å²) in [6, 6.07) is -1.19. The first kappa shape index (κ1) is 18.4. The van der Waals surface area contributed by atoms with E-state index in [1.54, 1.807) is 0 Å². The Morgan fingerprint density at radius 2 is 1.76 bits per heavy atom. The summed E-state index contributed by atoms with van der Waals surface area (Å²) in [5.41, 5.74) is 4.98. The lowest BCUT2D eigenvalue weighted by Gasteiger charge is -2.06. The Labute approximate surface area is 98.6 Å².